The van der Waals surface area contributed by atoms with Gasteiger partial charge in [-0.05, 0) is 0 Å². The fraction of sp³-hybridized carbons (Fsp3) is 0.750. The van der Waals surface area contributed by atoms with Crippen molar-refractivity contribution in [3.63, 3.8) is 0 Å². The summed E-state index contributed by atoms with van der Waals surface area (Å²) in [6.45, 7) is 7.37. The van der Waals surface area contributed by atoms with E-state index in [0.717, 1.165) is 0 Å². The molecule has 0 rings (SSSR count). The Balaban J connectivity index is 5.93. The van der Waals surface area contributed by atoms with Crippen molar-refractivity contribution < 1.29 is 39.1 Å². The Labute approximate surface area is 132 Å². The second-order valence-electron chi connectivity index (χ2n) is 5.44. The molecule has 0 aliphatic heterocycles. The number of hydrogen-bond acceptors (Lipinski definition) is 4. The van der Waals surface area contributed by atoms with Gasteiger partial charge in [-0.1, -0.05) is 0 Å². The van der Waals surface area contributed by atoms with E-state index in [2.05, 4.69) is 0 Å². The first-order valence-corrected chi connectivity index (χ1v) is 15.2. The fourth-order valence-electron chi connectivity index (χ4n) is 2.59. The molecule has 0 aromatic heterocycles. The molecule has 0 heterocycles. The van der Waals surface area contributed by atoms with Gasteiger partial charge in [0.1, 0.15) is 0 Å². The zero-order valence-electron chi connectivity index (χ0n) is 13.8. The van der Waals surface area contributed by atoms with Crippen LogP contribution in [0.25, 0.3) is 0 Å². The van der Waals surface area contributed by atoms with Crippen molar-refractivity contribution in [2.75, 3.05) is 0 Å². The first-order valence-electron chi connectivity index (χ1n) is 8.06. The van der Waals surface area contributed by atoms with Crippen LogP contribution in [0.1, 0.15) is 79.1 Å². The summed E-state index contributed by atoms with van der Waals surface area (Å²) in [7, 11) is 0. The van der Waals surface area contributed by atoms with Crippen LogP contribution in [0.3, 0.4) is 0 Å². The molecule has 0 aliphatic rings. The monoisotopic (exact) mass is 464 g/mol. The normalized spacial score (nSPS) is 11.2. The standard InChI is InChI=1S/4C4H7O.Hf/c4*1-2-3-4-5;/h4*2-3H2,1H3;. The van der Waals surface area contributed by atoms with Crippen LogP contribution in [-0.2, 0) is 39.1 Å². The molecule has 0 saturated carbocycles. The summed E-state index contributed by atoms with van der Waals surface area (Å²) in [4.78, 5) is 50.6. The minimum atomic E-state index is -4.95. The fourth-order valence-corrected chi connectivity index (χ4v) is 18.3. The van der Waals surface area contributed by atoms with Crippen molar-refractivity contribution in [1.82, 2.24) is 0 Å². The Morgan fingerprint density at radius 2 is 0.714 bits per heavy atom. The second-order valence-corrected chi connectivity index (χ2v) is 18.8. The van der Waals surface area contributed by atoms with E-state index in [1.165, 1.54) is 0 Å². The molecule has 0 fully saturated rings. The summed E-state index contributed by atoms with van der Waals surface area (Å²) in [5.74, 6) is 0. The summed E-state index contributed by atoms with van der Waals surface area (Å²) in [5.41, 5.74) is 0. The third-order valence-electron chi connectivity index (χ3n) is 3.58. The molecule has 0 amide bonds. The SMILES string of the molecule is CCC[C](=O)[Hf]([C](=O)CCC)([C](=O)CCC)[C](=O)CCC. The predicted octanol–water partition coefficient (Wildman–Crippen LogP) is 3.45. The van der Waals surface area contributed by atoms with Gasteiger partial charge in [0, 0.05) is 0 Å². The molecule has 0 N–H and O–H groups in total. The topological polar surface area (TPSA) is 68.3 Å². The Hall–Kier alpha value is -0.450. The molecule has 5 heteroatoms. The van der Waals surface area contributed by atoms with Crippen molar-refractivity contribution in [3.8, 4) is 0 Å². The summed E-state index contributed by atoms with van der Waals surface area (Å²) < 4.78 is -1.11. The second kappa shape index (κ2) is 10.3. The van der Waals surface area contributed by atoms with Crippen molar-refractivity contribution in [1.29, 1.82) is 0 Å². The maximum absolute atomic E-state index is 12.7. The molecule has 0 radical (unpaired) electrons. The van der Waals surface area contributed by atoms with E-state index in [1.54, 1.807) is 0 Å². The first-order chi connectivity index (χ1) is 9.93. The number of carbonyl (C=O) groups excluding carboxylic acids is 4. The predicted molar refractivity (Wildman–Crippen MR) is 79.7 cm³/mol. The minimum absolute atomic E-state index is 0.196. The van der Waals surface area contributed by atoms with Crippen molar-refractivity contribution in [2.45, 2.75) is 79.1 Å². The zero-order valence-corrected chi connectivity index (χ0v) is 17.4. The van der Waals surface area contributed by atoms with E-state index < -0.39 is 20.0 Å². The molecular weight excluding hydrogens is 435 g/mol. The number of rotatable bonds is 12. The molecule has 0 aliphatic carbocycles. The molecule has 0 atom stereocenters. The number of hydrogen-bond donors (Lipinski definition) is 0. The van der Waals surface area contributed by atoms with Gasteiger partial charge in [-0.3, -0.25) is 0 Å². The van der Waals surface area contributed by atoms with Crippen molar-refractivity contribution in [2.24, 2.45) is 0 Å². The molecule has 21 heavy (non-hydrogen) atoms. The van der Waals surface area contributed by atoms with Crippen molar-refractivity contribution >= 4 is 14.2 Å². The summed E-state index contributed by atoms with van der Waals surface area (Å²) in [5, 5.41) is 0. The molecule has 0 aromatic carbocycles. The molecular formula is C16H28HfO4. The van der Waals surface area contributed by atoms with Gasteiger partial charge in [-0.15, -0.1) is 0 Å². The van der Waals surface area contributed by atoms with Gasteiger partial charge in [-0.25, -0.2) is 0 Å². The van der Waals surface area contributed by atoms with Gasteiger partial charge in [0.05, 0.1) is 0 Å². The van der Waals surface area contributed by atoms with Crippen LogP contribution in [0, 0.1) is 0 Å². The summed E-state index contributed by atoms with van der Waals surface area (Å²) >= 11 is -4.95. The summed E-state index contributed by atoms with van der Waals surface area (Å²) in [6, 6.07) is 0. The third-order valence-corrected chi connectivity index (χ3v) is 19.2. The average Bonchev–Trinajstić information content (AvgIpc) is 2.40. The average molecular weight is 463 g/mol. The van der Waals surface area contributed by atoms with Crippen LogP contribution in [-0.4, -0.2) is 14.2 Å². The van der Waals surface area contributed by atoms with Gasteiger partial charge >= 0.3 is 132 Å². The quantitative estimate of drug-likeness (QED) is 0.417. The molecule has 120 valence electrons. The van der Waals surface area contributed by atoms with Crippen LogP contribution in [0.5, 0.6) is 0 Å². The molecule has 0 saturated heterocycles. The van der Waals surface area contributed by atoms with Crippen LogP contribution in [0.4, 0.5) is 0 Å². The maximum atomic E-state index is 12.7. The van der Waals surface area contributed by atoms with Gasteiger partial charge in [0.15, 0.2) is 0 Å². The van der Waals surface area contributed by atoms with E-state index in [4.69, 9.17) is 0 Å². The van der Waals surface area contributed by atoms with Gasteiger partial charge in [0.25, 0.3) is 0 Å². The summed E-state index contributed by atoms with van der Waals surface area (Å²) in [6.07, 6.45) is 3.11. The third kappa shape index (κ3) is 4.76. The zero-order chi connectivity index (χ0) is 16.5. The van der Waals surface area contributed by atoms with E-state index >= 15 is 0 Å². The van der Waals surface area contributed by atoms with Gasteiger partial charge in [0.2, 0.25) is 0 Å². The Kier molecular flexibility index (Phi) is 10.1. The van der Waals surface area contributed by atoms with E-state index in [0.29, 0.717) is 25.7 Å². The molecule has 0 bridgehead atoms. The van der Waals surface area contributed by atoms with Crippen LogP contribution < -0.4 is 0 Å². The molecule has 0 aromatic rings. The van der Waals surface area contributed by atoms with E-state index in [9.17, 15) is 19.2 Å². The van der Waals surface area contributed by atoms with E-state index in [1.807, 2.05) is 27.7 Å². The van der Waals surface area contributed by atoms with Crippen LogP contribution in [0.15, 0.2) is 0 Å². The molecule has 0 spiro atoms. The van der Waals surface area contributed by atoms with Crippen LogP contribution >= 0.6 is 0 Å². The molecule has 0 unspecified atom stereocenters. The Morgan fingerprint density at radius 1 is 0.524 bits per heavy atom. The van der Waals surface area contributed by atoms with Gasteiger partial charge < -0.3 is 0 Å². The van der Waals surface area contributed by atoms with E-state index in [-0.39, 0.29) is 39.8 Å². The van der Waals surface area contributed by atoms with Gasteiger partial charge in [-0.2, -0.15) is 0 Å². The number of carbonyl (C=O) groups is 4. The Bertz CT molecular complexity index is 324. The molecule has 4 nitrogen and oxygen atoms in total. The first kappa shape index (κ1) is 20.6. The Morgan fingerprint density at radius 3 is 0.857 bits per heavy atom. The van der Waals surface area contributed by atoms with Crippen LogP contribution in [0.2, 0.25) is 0 Å². The van der Waals surface area contributed by atoms with Crippen molar-refractivity contribution in [3.05, 3.63) is 0 Å².